The Balaban J connectivity index is 1.13. The van der Waals surface area contributed by atoms with Gasteiger partial charge in [0.1, 0.15) is 0 Å². The van der Waals surface area contributed by atoms with Gasteiger partial charge in [-0.15, -0.1) is 0 Å². The topological polar surface area (TPSA) is 9.86 Å². The van der Waals surface area contributed by atoms with Crippen molar-refractivity contribution in [3.8, 4) is 22.5 Å². The molecule has 2 spiro atoms. The summed E-state index contributed by atoms with van der Waals surface area (Å²) >= 11 is 0. The second-order valence-corrected chi connectivity index (χ2v) is 24.2. The molecule has 0 saturated heterocycles. The van der Waals surface area contributed by atoms with Crippen molar-refractivity contribution in [2.24, 2.45) is 29.1 Å². The Labute approximate surface area is 304 Å². The van der Waals surface area contributed by atoms with E-state index in [0.29, 0.717) is 5.41 Å². The van der Waals surface area contributed by atoms with Crippen LogP contribution >= 0.6 is 0 Å². The first-order chi connectivity index (χ1) is 25.4. The summed E-state index contributed by atoms with van der Waals surface area (Å²) in [5.41, 5.74) is 19.2. The molecule has 4 saturated carbocycles. The summed E-state index contributed by atoms with van der Waals surface area (Å²) < 4.78 is 5.48. The molecule has 2 nitrogen and oxygen atoms in total. The van der Waals surface area contributed by atoms with Crippen molar-refractivity contribution in [1.82, 2.24) is 9.13 Å². The van der Waals surface area contributed by atoms with E-state index in [-0.39, 0.29) is 12.1 Å². The van der Waals surface area contributed by atoms with Crippen LogP contribution in [-0.4, -0.2) is 23.9 Å². The van der Waals surface area contributed by atoms with E-state index in [1.54, 1.807) is 27.2 Å². The molecule has 52 heavy (non-hydrogen) atoms. The number of hydrogen-bond donors (Lipinski definition) is 0. The van der Waals surface area contributed by atoms with Gasteiger partial charge in [0, 0.05) is 49.0 Å². The molecule has 7 aromatic rings. The lowest BCUT2D eigenvalue weighted by molar-refractivity contribution is -0.411. The maximum absolute atomic E-state index is 2.79. The normalized spacial score (nSPS) is 29.7. The summed E-state index contributed by atoms with van der Waals surface area (Å²) in [7, 11) is -1.70. The average molecular weight is 683 g/mol. The first kappa shape index (κ1) is 27.1. The average Bonchev–Trinajstić information content (AvgIpc) is 3.75. The summed E-state index contributed by atoms with van der Waals surface area (Å²) in [6.07, 6.45) is 9.18. The molecule has 5 aromatic carbocycles. The van der Waals surface area contributed by atoms with E-state index < -0.39 is 8.07 Å². The van der Waals surface area contributed by atoms with Gasteiger partial charge in [0.15, 0.2) is 0 Å². The summed E-state index contributed by atoms with van der Waals surface area (Å²) in [6.45, 7) is 7.89. The zero-order valence-corrected chi connectivity index (χ0v) is 31.1. The molecule has 0 N–H and O–H groups in total. The molecular weight excluding hydrogens is 643 g/mol. The highest BCUT2D eigenvalue weighted by atomic mass is 28.3. The van der Waals surface area contributed by atoms with E-state index in [1.165, 1.54) is 90.6 Å². The van der Waals surface area contributed by atoms with Crippen molar-refractivity contribution in [2.75, 3.05) is 0 Å². The molecule has 0 radical (unpaired) electrons. The Kier molecular flexibility index (Phi) is 4.18. The predicted octanol–water partition coefficient (Wildman–Crippen LogP) is 7.42. The minimum Gasteiger partial charge on any atom is -0.311 e. The van der Waals surface area contributed by atoms with Crippen molar-refractivity contribution in [3.63, 3.8) is 0 Å². The fourth-order valence-corrected chi connectivity index (χ4v) is 16.3. The van der Waals surface area contributed by atoms with Gasteiger partial charge in [-0.25, -0.2) is 0 Å². The maximum atomic E-state index is 2.79. The van der Waals surface area contributed by atoms with E-state index in [0.717, 1.165) is 36.5 Å². The molecule has 15 rings (SSSR count). The molecule has 4 heterocycles. The van der Waals surface area contributed by atoms with Crippen molar-refractivity contribution in [2.45, 2.75) is 57.2 Å². The number of fused-ring (bicyclic) bond motifs is 18. The maximum Gasteiger partial charge on any atom is 0.247 e. The third-order valence-corrected chi connectivity index (χ3v) is 18.8. The van der Waals surface area contributed by atoms with Crippen molar-refractivity contribution in [3.05, 3.63) is 113 Å². The molecule has 2 aromatic heterocycles. The molecule has 4 unspecified atom stereocenters. The second kappa shape index (κ2) is 8.01. The molecule has 0 bridgehead atoms. The highest BCUT2D eigenvalue weighted by Crippen LogP contribution is 2.95. The highest BCUT2D eigenvalue weighted by Gasteiger charge is 2.90. The number of rotatable bonds is 1. The van der Waals surface area contributed by atoms with Crippen LogP contribution in [0.5, 0.6) is 0 Å². The largest absolute Gasteiger partial charge is 0.311 e. The van der Waals surface area contributed by atoms with E-state index in [4.69, 9.17) is 0 Å². The molecule has 6 aliphatic carbocycles. The lowest BCUT2D eigenvalue weighted by Gasteiger charge is -2.92. The zero-order chi connectivity index (χ0) is 33.8. The Morgan fingerprint density at radius 1 is 0.731 bits per heavy atom. The molecule has 0 amide bonds. The molecule has 8 aliphatic rings. The van der Waals surface area contributed by atoms with Gasteiger partial charge in [0.25, 0.3) is 0 Å². The Morgan fingerprint density at radius 3 is 2.33 bits per heavy atom. The number of para-hydroxylation sites is 2. The van der Waals surface area contributed by atoms with Crippen molar-refractivity contribution >= 4 is 75.2 Å². The molecular formula is C48H39BN2Si. The van der Waals surface area contributed by atoms with Gasteiger partial charge in [-0.05, 0) is 119 Å². The van der Waals surface area contributed by atoms with Gasteiger partial charge >= 0.3 is 0 Å². The molecule has 2 aliphatic heterocycles. The van der Waals surface area contributed by atoms with Crippen LogP contribution in [0.1, 0.15) is 43.2 Å². The van der Waals surface area contributed by atoms with Crippen LogP contribution in [0.2, 0.25) is 19.6 Å². The van der Waals surface area contributed by atoms with Gasteiger partial charge in [0.05, 0.1) is 19.1 Å². The molecule has 248 valence electrons. The Hall–Kier alpha value is -4.54. The number of hydrogen-bond acceptors (Lipinski definition) is 0. The Bertz CT molecular complexity index is 3070. The first-order valence-electron chi connectivity index (χ1n) is 20.2. The van der Waals surface area contributed by atoms with Crippen LogP contribution in [-0.2, 0) is 5.41 Å². The van der Waals surface area contributed by atoms with Gasteiger partial charge in [-0.2, -0.15) is 0 Å². The monoisotopic (exact) mass is 682 g/mol. The Morgan fingerprint density at radius 2 is 1.50 bits per heavy atom. The van der Waals surface area contributed by atoms with E-state index >= 15 is 0 Å². The molecule has 4 atom stereocenters. The first-order valence-corrected chi connectivity index (χ1v) is 23.7. The fourth-order valence-electron chi connectivity index (χ4n) is 15.2. The molecule has 4 heteroatoms. The summed E-state index contributed by atoms with van der Waals surface area (Å²) in [4.78, 5) is 0. The number of aromatic nitrogens is 2. The van der Waals surface area contributed by atoms with Crippen molar-refractivity contribution in [1.29, 1.82) is 0 Å². The smallest absolute Gasteiger partial charge is 0.247 e. The SMILES string of the molecule is C[Si](C)(C)c1cc2c3c(c1)-n1c4ccc5c(c4c4cccc(c41)B3C1=c3c(c4ccccc4n3-2)=CCC1)C1(c2ccccc2-5)C2CC3CC4CC1C342. The van der Waals surface area contributed by atoms with Crippen molar-refractivity contribution < 1.29 is 0 Å². The predicted molar refractivity (Wildman–Crippen MR) is 218 cm³/mol. The van der Waals surface area contributed by atoms with Gasteiger partial charge < -0.3 is 9.13 Å². The summed E-state index contributed by atoms with van der Waals surface area (Å²) in [5.74, 6) is 3.66. The second-order valence-electron chi connectivity index (χ2n) is 19.1. The molecule has 4 fully saturated rings. The van der Waals surface area contributed by atoms with E-state index in [1.807, 2.05) is 0 Å². The van der Waals surface area contributed by atoms with Crippen LogP contribution in [0.25, 0.3) is 66.8 Å². The zero-order valence-electron chi connectivity index (χ0n) is 30.1. The minimum absolute atomic E-state index is 0.184. The van der Waals surface area contributed by atoms with Crippen LogP contribution in [0.15, 0.2) is 91.0 Å². The third kappa shape index (κ3) is 2.43. The van der Waals surface area contributed by atoms with E-state index in [2.05, 4.69) is 126 Å². The summed E-state index contributed by atoms with van der Waals surface area (Å²) in [6, 6.07) is 36.7. The fraction of sp³-hybridized carbons (Fsp3) is 0.292. The lowest BCUT2D eigenvalue weighted by Crippen LogP contribution is -2.88. The van der Waals surface area contributed by atoms with Crippen LogP contribution in [0, 0.1) is 29.1 Å². The van der Waals surface area contributed by atoms with Crippen LogP contribution in [0.3, 0.4) is 0 Å². The summed E-state index contributed by atoms with van der Waals surface area (Å²) in [5, 5.41) is 8.99. The number of nitrogens with zero attached hydrogens (tertiary/aromatic N) is 2. The van der Waals surface area contributed by atoms with Gasteiger partial charge in [-0.1, -0.05) is 103 Å². The quantitative estimate of drug-likeness (QED) is 0.160. The van der Waals surface area contributed by atoms with E-state index in [9.17, 15) is 0 Å². The van der Waals surface area contributed by atoms with Gasteiger partial charge in [-0.3, -0.25) is 0 Å². The van der Waals surface area contributed by atoms with Gasteiger partial charge in [0.2, 0.25) is 6.71 Å². The van der Waals surface area contributed by atoms with Crippen LogP contribution in [0.4, 0.5) is 0 Å². The standard InChI is InChI=1S/C48H39BN2Si/c1-52(2,3)27-23-38-44-39(24-27)51-37-19-18-30-28-10-4-6-14-33(28)48(40-21-25-20-26-22-41(48)47(25,26)40)43(30)42(37)32-13-9-16-35(46(32)51)49(44)34-15-8-12-31-29-11-5-7-17-36(29)50(38)45(31)34/h4-7,9-14,16-19,23-26,40-41H,8,15,20-22H2,1-3H3. The van der Waals surface area contributed by atoms with Crippen LogP contribution < -0.4 is 26.7 Å². The lowest BCUT2D eigenvalue weighted by atomic mass is 9.11. The number of benzene rings is 5. The minimum atomic E-state index is -1.70. The highest BCUT2D eigenvalue weighted by molar-refractivity contribution is 7.01. The third-order valence-electron chi connectivity index (χ3n) is 16.8.